The van der Waals surface area contributed by atoms with Crippen molar-refractivity contribution in [1.29, 1.82) is 0 Å². The Morgan fingerprint density at radius 2 is 1.62 bits per heavy atom. The van der Waals surface area contributed by atoms with Crippen LogP contribution in [-0.2, 0) is 32.5 Å². The zero-order valence-electron chi connectivity index (χ0n) is 38.0. The molecule has 18 nitrogen and oxygen atoms in total. The predicted octanol–water partition coefficient (Wildman–Crippen LogP) is 4.73. The van der Waals surface area contributed by atoms with Crippen molar-refractivity contribution in [1.82, 2.24) is 30.8 Å². The van der Waals surface area contributed by atoms with E-state index in [4.69, 9.17) is 16.3 Å². The van der Waals surface area contributed by atoms with Crippen LogP contribution in [0.25, 0.3) is 0 Å². The van der Waals surface area contributed by atoms with E-state index in [0.29, 0.717) is 70.8 Å². The van der Waals surface area contributed by atoms with Crippen LogP contribution in [0.1, 0.15) is 76.8 Å². The molecule has 20 heteroatoms. The first-order valence-electron chi connectivity index (χ1n) is 23.6. The van der Waals surface area contributed by atoms with Crippen LogP contribution in [0, 0.1) is 5.92 Å². The van der Waals surface area contributed by atoms with Crippen LogP contribution in [0.5, 0.6) is 5.75 Å². The van der Waals surface area contributed by atoms with Crippen molar-refractivity contribution >= 4 is 85.5 Å². The molecule has 4 amide bonds. The van der Waals surface area contributed by atoms with E-state index < -0.39 is 33.8 Å². The van der Waals surface area contributed by atoms with Crippen LogP contribution in [0.4, 0.5) is 40.2 Å². The Morgan fingerprint density at radius 1 is 0.824 bits per heavy atom. The zero-order chi connectivity index (χ0) is 47.1. The Hall–Kier alpha value is -6.02. The summed E-state index contributed by atoms with van der Waals surface area (Å²) in [6.07, 6.45) is 9.67. The van der Waals surface area contributed by atoms with Crippen molar-refractivity contribution in [3.8, 4) is 5.75 Å². The molecule has 3 saturated heterocycles. The molecule has 1 atom stereocenters. The van der Waals surface area contributed by atoms with Crippen molar-refractivity contribution in [2.75, 3.05) is 90.0 Å². The summed E-state index contributed by atoms with van der Waals surface area (Å²) in [7, 11) is -3.46. The number of sulfonamides is 1. The molecular formula is C48H56ClN11O7S. The van der Waals surface area contributed by atoms with Crippen LogP contribution in [-0.4, -0.2) is 124 Å². The minimum atomic E-state index is -3.46. The first-order valence-corrected chi connectivity index (χ1v) is 25.9. The number of carbonyl (C=O) groups excluding carboxylic acids is 4. The molecule has 4 aromatic rings. The molecule has 3 aromatic carbocycles. The second-order valence-corrected chi connectivity index (χ2v) is 20.8. The van der Waals surface area contributed by atoms with Crippen LogP contribution >= 0.6 is 11.6 Å². The van der Waals surface area contributed by atoms with Gasteiger partial charge in [0.15, 0.2) is 5.82 Å². The molecular weight excluding hydrogens is 910 g/mol. The number of hydrogen-bond acceptors (Lipinski definition) is 15. The number of aromatic nitrogens is 2. The van der Waals surface area contributed by atoms with Crippen molar-refractivity contribution in [2.45, 2.75) is 69.9 Å². The number of nitrogens with one attached hydrogen (secondary N) is 5. The highest BCUT2D eigenvalue weighted by atomic mass is 35.5. The molecule has 3 fully saturated rings. The van der Waals surface area contributed by atoms with Gasteiger partial charge >= 0.3 is 0 Å². The van der Waals surface area contributed by atoms with E-state index in [1.165, 1.54) is 28.0 Å². The smallest absolute Gasteiger partial charge is 0.262 e. The minimum absolute atomic E-state index is 0.0949. The number of imide groups is 2. The molecule has 7 heterocycles. The van der Waals surface area contributed by atoms with Crippen LogP contribution in [0.2, 0.25) is 5.02 Å². The van der Waals surface area contributed by atoms with E-state index in [0.717, 1.165) is 112 Å². The molecule has 0 saturated carbocycles. The highest BCUT2D eigenvalue weighted by molar-refractivity contribution is 7.92. The van der Waals surface area contributed by atoms with Gasteiger partial charge in [0.25, 0.3) is 11.8 Å². The normalized spacial score (nSPS) is 19.8. The highest BCUT2D eigenvalue weighted by Gasteiger charge is 2.45. The Balaban J connectivity index is 0.651. The lowest BCUT2D eigenvalue weighted by molar-refractivity contribution is -0.136. The van der Waals surface area contributed by atoms with Crippen molar-refractivity contribution in [2.24, 2.45) is 5.92 Å². The van der Waals surface area contributed by atoms with Gasteiger partial charge in [-0.1, -0.05) is 23.7 Å². The van der Waals surface area contributed by atoms with Gasteiger partial charge in [-0.2, -0.15) is 4.98 Å². The quantitative estimate of drug-likeness (QED) is 0.0806. The summed E-state index contributed by atoms with van der Waals surface area (Å²) >= 11 is 6.56. The number of nitrogens with zero attached hydrogens (tertiary/aromatic N) is 6. The fraction of sp³-hybridized carbons (Fsp3) is 0.458. The highest BCUT2D eigenvalue weighted by Crippen LogP contribution is 2.43. The fourth-order valence-electron chi connectivity index (χ4n) is 10.5. The number of ether oxygens (including phenoxy) is 1. The molecule has 0 aliphatic carbocycles. The molecule has 5 N–H and O–H groups in total. The number of anilines is 7. The van der Waals surface area contributed by atoms with Gasteiger partial charge in [0.2, 0.25) is 27.8 Å². The number of amides is 4. The van der Waals surface area contributed by atoms with Gasteiger partial charge in [-0.25, -0.2) is 13.4 Å². The maximum atomic E-state index is 13.3. The van der Waals surface area contributed by atoms with Crippen LogP contribution < -0.4 is 45.4 Å². The van der Waals surface area contributed by atoms with Gasteiger partial charge in [-0.15, -0.1) is 0 Å². The fourth-order valence-corrected chi connectivity index (χ4v) is 11.7. The summed E-state index contributed by atoms with van der Waals surface area (Å²) in [5.74, 6) is 0.136. The molecule has 0 bridgehead atoms. The Kier molecular flexibility index (Phi) is 12.9. The number of benzene rings is 3. The average Bonchev–Trinajstić information content (AvgIpc) is 4.07. The second kappa shape index (κ2) is 19.2. The van der Waals surface area contributed by atoms with Crippen molar-refractivity contribution in [3.05, 3.63) is 82.0 Å². The van der Waals surface area contributed by atoms with Gasteiger partial charge in [0, 0.05) is 81.6 Å². The molecule has 10 rings (SSSR count). The molecule has 0 spiro atoms. The van der Waals surface area contributed by atoms with Crippen LogP contribution in [0.3, 0.4) is 0 Å². The predicted molar refractivity (Wildman–Crippen MR) is 260 cm³/mol. The standard InChI is InChI=1S/C48H56ClN11O7S/c1-68(65,66)59-25-14-30-3-2-4-37(42(30)59)53-44-36(49)28-52-48(56-44)54-38-7-8-39(34-17-26-67-43(34)38)58-23-15-31(16-24-58)51-20-19-50-18-11-29-12-21-57(22-13-29)32-5-6-33-35(27-32)47(64)60(46(33)63)40-9-10-41(61)55-45(40)62/h2-8,27-29,31,40,50-51H,9-26H2,1H3,(H,55,61,62)(H2,52,53,54,56). The van der Waals surface area contributed by atoms with Gasteiger partial charge in [0.05, 0.1) is 47.2 Å². The average molecular weight is 967 g/mol. The lowest BCUT2D eigenvalue weighted by atomic mass is 9.93. The Morgan fingerprint density at radius 3 is 2.41 bits per heavy atom. The third-order valence-electron chi connectivity index (χ3n) is 14.1. The summed E-state index contributed by atoms with van der Waals surface area (Å²) in [5.41, 5.74) is 6.80. The third kappa shape index (κ3) is 9.28. The zero-order valence-corrected chi connectivity index (χ0v) is 39.6. The number of fused-ring (bicyclic) bond motifs is 3. The van der Waals surface area contributed by atoms with E-state index in [1.54, 1.807) is 12.1 Å². The summed E-state index contributed by atoms with van der Waals surface area (Å²) in [6.45, 7) is 7.36. The van der Waals surface area contributed by atoms with E-state index in [2.05, 4.69) is 52.4 Å². The van der Waals surface area contributed by atoms with Gasteiger partial charge < -0.3 is 35.8 Å². The maximum absolute atomic E-state index is 13.3. The first kappa shape index (κ1) is 45.7. The summed E-state index contributed by atoms with van der Waals surface area (Å²) in [6, 6.07) is 14.6. The number of hydrogen-bond donors (Lipinski definition) is 5. The molecule has 0 radical (unpaired) electrons. The number of rotatable bonds is 15. The molecule has 358 valence electrons. The SMILES string of the molecule is CS(=O)(=O)N1CCc2cccc(Nc3nc(Nc4ccc(N5CCC(NCCNCCC6CCN(c7ccc8c(c7)C(=O)N(C7CCC(=O)NC7=O)C8=O)CC6)CC5)c5c4OCC5)ncc3Cl)c21. The second-order valence-electron chi connectivity index (χ2n) is 18.4. The minimum Gasteiger partial charge on any atom is -0.491 e. The summed E-state index contributed by atoms with van der Waals surface area (Å²) < 4.78 is 32.7. The van der Waals surface area contributed by atoms with Gasteiger partial charge in [-0.3, -0.25) is 33.7 Å². The lowest BCUT2D eigenvalue weighted by Crippen LogP contribution is -2.54. The number of carbonyl (C=O) groups is 4. The monoisotopic (exact) mass is 965 g/mol. The number of halogens is 1. The van der Waals surface area contributed by atoms with Crippen molar-refractivity contribution in [3.63, 3.8) is 0 Å². The summed E-state index contributed by atoms with van der Waals surface area (Å²) in [4.78, 5) is 65.4. The Bertz CT molecular complexity index is 2760. The lowest BCUT2D eigenvalue weighted by Gasteiger charge is -2.35. The Labute approximate surface area is 400 Å². The summed E-state index contributed by atoms with van der Waals surface area (Å²) in [5, 5.41) is 16.6. The first-order chi connectivity index (χ1) is 32.9. The third-order valence-corrected chi connectivity index (χ3v) is 15.6. The number of para-hydroxylation sites is 1. The number of piperidine rings is 3. The van der Waals surface area contributed by atoms with Crippen molar-refractivity contribution < 1.29 is 32.3 Å². The largest absolute Gasteiger partial charge is 0.491 e. The van der Waals surface area contributed by atoms with E-state index in [1.807, 2.05) is 30.3 Å². The molecule has 6 aliphatic heterocycles. The molecule has 1 unspecified atom stereocenters. The van der Waals surface area contributed by atoms with E-state index in [-0.39, 0.29) is 18.7 Å². The molecule has 6 aliphatic rings. The van der Waals surface area contributed by atoms with Gasteiger partial charge in [0.1, 0.15) is 16.8 Å². The van der Waals surface area contributed by atoms with E-state index >= 15 is 0 Å². The molecule has 68 heavy (non-hydrogen) atoms. The van der Waals surface area contributed by atoms with E-state index in [9.17, 15) is 27.6 Å². The van der Waals surface area contributed by atoms with Gasteiger partial charge in [-0.05, 0) is 99.4 Å². The topological polar surface area (TPSA) is 211 Å². The maximum Gasteiger partial charge on any atom is 0.262 e. The van der Waals surface area contributed by atoms with Crippen LogP contribution in [0.15, 0.2) is 54.7 Å². The molecule has 1 aromatic heterocycles.